The van der Waals surface area contributed by atoms with Gasteiger partial charge in [-0.2, -0.15) is 0 Å². The Labute approximate surface area is 171 Å². The molecule has 0 saturated carbocycles. The number of nitrogens with zero attached hydrogens (tertiary/aromatic N) is 2. The first-order chi connectivity index (χ1) is 13.6. The zero-order valence-corrected chi connectivity index (χ0v) is 17.9. The summed E-state index contributed by atoms with van der Waals surface area (Å²) in [5, 5.41) is 2.75. The Morgan fingerprint density at radius 1 is 1.28 bits per heavy atom. The van der Waals surface area contributed by atoms with Gasteiger partial charge in [0, 0.05) is 13.1 Å². The number of carbonyl (C=O) groups is 2. The molecule has 1 aliphatic rings. The standard InChI is InChI=1S/C22H31N3O4/c1-14(2)18(24-21(27)29-22(3,4)5)20(26)25-12-8-9-15(13-25)19-23-16-10-6-7-11-17(16)28-19/h6-7,10-11,14-15,18H,8-9,12-13H2,1-5H3,(H,24,27). The van der Waals surface area contributed by atoms with E-state index in [0.717, 1.165) is 23.9 Å². The van der Waals surface area contributed by atoms with E-state index in [-0.39, 0.29) is 17.7 Å². The van der Waals surface area contributed by atoms with E-state index in [1.807, 2.05) is 43.0 Å². The van der Waals surface area contributed by atoms with Gasteiger partial charge in [0.1, 0.15) is 17.2 Å². The number of aromatic nitrogens is 1. The van der Waals surface area contributed by atoms with Crippen molar-refractivity contribution in [3.8, 4) is 0 Å². The third-order valence-electron chi connectivity index (χ3n) is 5.00. The van der Waals surface area contributed by atoms with Crippen LogP contribution in [-0.2, 0) is 9.53 Å². The first-order valence-corrected chi connectivity index (χ1v) is 10.3. The highest BCUT2D eigenvalue weighted by atomic mass is 16.6. The normalized spacial score (nSPS) is 18.7. The molecule has 1 N–H and O–H groups in total. The highest BCUT2D eigenvalue weighted by Crippen LogP contribution is 2.29. The van der Waals surface area contributed by atoms with Gasteiger partial charge in [0.05, 0.1) is 5.92 Å². The number of hydrogen-bond donors (Lipinski definition) is 1. The SMILES string of the molecule is CC(C)C(NC(=O)OC(C)(C)C)C(=O)N1CCCC(c2nc3ccccc3o2)C1. The molecule has 2 unspecified atom stereocenters. The van der Waals surface area contributed by atoms with Gasteiger partial charge in [-0.25, -0.2) is 9.78 Å². The van der Waals surface area contributed by atoms with E-state index in [1.165, 1.54) is 0 Å². The van der Waals surface area contributed by atoms with Crippen LogP contribution in [-0.4, -0.2) is 46.6 Å². The average molecular weight is 402 g/mol. The van der Waals surface area contributed by atoms with Gasteiger partial charge in [-0.1, -0.05) is 26.0 Å². The van der Waals surface area contributed by atoms with Gasteiger partial charge in [-0.3, -0.25) is 4.79 Å². The molecule has 2 aromatic rings. The van der Waals surface area contributed by atoms with Gasteiger partial charge >= 0.3 is 6.09 Å². The number of benzene rings is 1. The van der Waals surface area contributed by atoms with Crippen molar-refractivity contribution in [3.63, 3.8) is 0 Å². The van der Waals surface area contributed by atoms with Crippen molar-refractivity contribution in [1.82, 2.24) is 15.2 Å². The van der Waals surface area contributed by atoms with Gasteiger partial charge in [-0.15, -0.1) is 0 Å². The first-order valence-electron chi connectivity index (χ1n) is 10.3. The summed E-state index contributed by atoms with van der Waals surface area (Å²) >= 11 is 0. The average Bonchev–Trinajstić information content (AvgIpc) is 3.08. The van der Waals surface area contributed by atoms with Crippen molar-refractivity contribution >= 4 is 23.1 Å². The second-order valence-corrected chi connectivity index (χ2v) is 9.01. The summed E-state index contributed by atoms with van der Waals surface area (Å²) in [5.74, 6) is 0.575. The first kappa shape index (κ1) is 21.1. The Morgan fingerprint density at radius 2 is 2.00 bits per heavy atom. The van der Waals surface area contributed by atoms with Crippen LogP contribution in [0.1, 0.15) is 59.3 Å². The summed E-state index contributed by atoms with van der Waals surface area (Å²) in [4.78, 5) is 31.8. The summed E-state index contributed by atoms with van der Waals surface area (Å²) in [6.07, 6.45) is 1.21. The number of ether oxygens (including phenoxy) is 1. The molecule has 0 aliphatic carbocycles. The molecule has 3 rings (SSSR count). The van der Waals surface area contributed by atoms with Gasteiger partial charge in [0.15, 0.2) is 11.5 Å². The molecule has 1 aromatic heterocycles. The molecule has 1 aromatic carbocycles. The highest BCUT2D eigenvalue weighted by molar-refractivity contribution is 5.86. The van der Waals surface area contributed by atoms with Crippen LogP contribution >= 0.6 is 0 Å². The third kappa shape index (κ3) is 5.28. The van der Waals surface area contributed by atoms with Gasteiger partial charge in [-0.05, 0) is 51.7 Å². The minimum Gasteiger partial charge on any atom is -0.444 e. The van der Waals surface area contributed by atoms with Crippen LogP contribution in [0, 0.1) is 5.92 Å². The summed E-state index contributed by atoms with van der Waals surface area (Å²) < 4.78 is 11.3. The van der Waals surface area contributed by atoms with Crippen molar-refractivity contribution < 1.29 is 18.7 Å². The van der Waals surface area contributed by atoms with Crippen molar-refractivity contribution in [1.29, 1.82) is 0 Å². The van der Waals surface area contributed by atoms with E-state index in [4.69, 9.17) is 9.15 Å². The molecule has 1 fully saturated rings. The summed E-state index contributed by atoms with van der Waals surface area (Å²) in [7, 11) is 0. The van der Waals surface area contributed by atoms with E-state index in [2.05, 4.69) is 10.3 Å². The zero-order valence-electron chi connectivity index (χ0n) is 17.9. The van der Waals surface area contributed by atoms with Crippen LogP contribution in [0.4, 0.5) is 4.79 Å². The number of oxazole rings is 1. The Hall–Kier alpha value is -2.57. The van der Waals surface area contributed by atoms with Gasteiger partial charge in [0.2, 0.25) is 5.91 Å². The molecule has 2 atom stereocenters. The lowest BCUT2D eigenvalue weighted by Gasteiger charge is -2.35. The van der Waals surface area contributed by atoms with Crippen LogP contribution in [0.3, 0.4) is 0 Å². The van der Waals surface area contributed by atoms with Crippen LogP contribution in [0.2, 0.25) is 0 Å². The predicted octanol–water partition coefficient (Wildman–Crippen LogP) is 4.08. The molecular formula is C22H31N3O4. The monoisotopic (exact) mass is 401 g/mol. The maximum atomic E-state index is 13.2. The summed E-state index contributed by atoms with van der Waals surface area (Å²) in [6, 6.07) is 7.04. The maximum Gasteiger partial charge on any atom is 0.408 e. The fraction of sp³-hybridized carbons (Fsp3) is 0.591. The minimum absolute atomic E-state index is 0.0504. The topological polar surface area (TPSA) is 84.7 Å². The van der Waals surface area contributed by atoms with E-state index in [0.29, 0.717) is 19.0 Å². The number of nitrogens with one attached hydrogen (secondary N) is 1. The van der Waals surface area contributed by atoms with Gasteiger partial charge < -0.3 is 19.4 Å². The molecule has 29 heavy (non-hydrogen) atoms. The molecule has 0 radical (unpaired) electrons. The van der Waals surface area contributed by atoms with Crippen molar-refractivity contribution in [2.75, 3.05) is 13.1 Å². The maximum absolute atomic E-state index is 13.2. The fourth-order valence-electron chi connectivity index (χ4n) is 3.59. The Morgan fingerprint density at radius 3 is 2.66 bits per heavy atom. The lowest BCUT2D eigenvalue weighted by molar-refractivity contribution is -0.135. The largest absolute Gasteiger partial charge is 0.444 e. The van der Waals surface area contributed by atoms with Crippen LogP contribution in [0.25, 0.3) is 11.1 Å². The smallest absolute Gasteiger partial charge is 0.408 e. The summed E-state index contributed by atoms with van der Waals surface area (Å²) in [6.45, 7) is 10.4. The second-order valence-electron chi connectivity index (χ2n) is 9.01. The highest BCUT2D eigenvalue weighted by Gasteiger charge is 2.34. The second kappa shape index (κ2) is 8.43. The molecule has 158 valence electrons. The van der Waals surface area contributed by atoms with Crippen molar-refractivity contribution in [2.24, 2.45) is 5.92 Å². The van der Waals surface area contributed by atoms with E-state index >= 15 is 0 Å². The molecule has 7 nitrogen and oxygen atoms in total. The van der Waals surface area contributed by atoms with Crippen molar-refractivity contribution in [3.05, 3.63) is 30.2 Å². The number of alkyl carbamates (subject to hydrolysis) is 1. The summed E-state index contributed by atoms with van der Waals surface area (Å²) in [5.41, 5.74) is 0.980. The molecule has 7 heteroatoms. The molecule has 0 bridgehead atoms. The lowest BCUT2D eigenvalue weighted by Crippen LogP contribution is -2.54. The molecule has 0 spiro atoms. The molecule has 1 saturated heterocycles. The number of carbonyl (C=O) groups excluding carboxylic acids is 2. The van der Waals surface area contributed by atoms with Gasteiger partial charge in [0.25, 0.3) is 0 Å². The number of likely N-dealkylation sites (tertiary alicyclic amines) is 1. The lowest BCUT2D eigenvalue weighted by atomic mass is 9.95. The number of piperidine rings is 1. The van der Waals surface area contributed by atoms with Crippen molar-refractivity contribution in [2.45, 2.75) is 65.0 Å². The molecular weight excluding hydrogens is 370 g/mol. The number of para-hydroxylation sites is 2. The number of hydrogen-bond acceptors (Lipinski definition) is 5. The zero-order chi connectivity index (χ0) is 21.2. The van der Waals surface area contributed by atoms with Crippen LogP contribution < -0.4 is 5.32 Å². The Bertz CT molecular complexity index is 835. The fourth-order valence-corrected chi connectivity index (χ4v) is 3.59. The minimum atomic E-state index is -0.632. The third-order valence-corrected chi connectivity index (χ3v) is 5.00. The van der Waals surface area contributed by atoms with Crippen LogP contribution in [0.5, 0.6) is 0 Å². The van der Waals surface area contributed by atoms with E-state index in [1.54, 1.807) is 20.8 Å². The predicted molar refractivity (Wildman–Crippen MR) is 111 cm³/mol. The van der Waals surface area contributed by atoms with E-state index < -0.39 is 17.7 Å². The molecule has 2 amide bonds. The Kier molecular flexibility index (Phi) is 6.15. The van der Waals surface area contributed by atoms with Crippen LogP contribution in [0.15, 0.2) is 28.7 Å². The quantitative estimate of drug-likeness (QED) is 0.834. The van der Waals surface area contributed by atoms with E-state index in [9.17, 15) is 9.59 Å². The number of rotatable bonds is 4. The number of fused-ring (bicyclic) bond motifs is 1. The molecule has 1 aliphatic heterocycles. The number of amides is 2. The molecule has 2 heterocycles. The Balaban J connectivity index is 1.70.